The van der Waals surface area contributed by atoms with E-state index in [1.807, 2.05) is 6.07 Å². The van der Waals surface area contributed by atoms with E-state index in [1.165, 1.54) is 6.42 Å². The summed E-state index contributed by atoms with van der Waals surface area (Å²) >= 11 is 1.67. The summed E-state index contributed by atoms with van der Waals surface area (Å²) in [5.41, 5.74) is 0. The van der Waals surface area contributed by atoms with Gasteiger partial charge in [-0.05, 0) is 56.5 Å². The predicted octanol–water partition coefficient (Wildman–Crippen LogP) is 4.25. The summed E-state index contributed by atoms with van der Waals surface area (Å²) < 4.78 is 5.89. The number of ether oxygens (including phenoxy) is 1. The van der Waals surface area contributed by atoms with Gasteiger partial charge in [0.05, 0.1) is 5.92 Å². The molecular formula is C18H26ClNO2S. The molecule has 1 fully saturated rings. The van der Waals surface area contributed by atoms with Gasteiger partial charge < -0.3 is 9.64 Å². The quantitative estimate of drug-likeness (QED) is 0.597. The average molecular weight is 356 g/mol. The summed E-state index contributed by atoms with van der Waals surface area (Å²) in [7, 11) is 2.12. The minimum absolute atomic E-state index is 0. The Morgan fingerprint density at radius 1 is 1.35 bits per heavy atom. The number of rotatable bonds is 4. The van der Waals surface area contributed by atoms with Crippen molar-refractivity contribution in [2.75, 3.05) is 20.1 Å². The summed E-state index contributed by atoms with van der Waals surface area (Å²) in [5, 5.41) is 2.05. The van der Waals surface area contributed by atoms with Gasteiger partial charge in [0.2, 0.25) is 0 Å². The van der Waals surface area contributed by atoms with Gasteiger partial charge in [-0.3, -0.25) is 4.79 Å². The van der Waals surface area contributed by atoms with Gasteiger partial charge in [-0.2, -0.15) is 0 Å². The number of hydrogen-bond acceptors (Lipinski definition) is 4. The first-order valence-electron chi connectivity index (χ1n) is 8.33. The van der Waals surface area contributed by atoms with Crippen molar-refractivity contribution in [3.05, 3.63) is 34.5 Å². The van der Waals surface area contributed by atoms with Gasteiger partial charge in [0.25, 0.3) is 0 Å². The summed E-state index contributed by atoms with van der Waals surface area (Å²) in [6.45, 7) is 2.04. The molecule has 23 heavy (non-hydrogen) atoms. The Hall–Kier alpha value is -0.840. The summed E-state index contributed by atoms with van der Waals surface area (Å²) in [6, 6.07) is 4.11. The number of carbonyl (C=O) groups is 1. The van der Waals surface area contributed by atoms with Crippen LogP contribution in [0.3, 0.4) is 0 Å². The van der Waals surface area contributed by atoms with Crippen LogP contribution in [0.1, 0.15) is 42.9 Å². The van der Waals surface area contributed by atoms with Crippen LogP contribution in [-0.2, 0) is 9.53 Å². The minimum Gasteiger partial charge on any atom is -0.462 e. The highest BCUT2D eigenvalue weighted by Crippen LogP contribution is 2.36. The zero-order valence-electron chi connectivity index (χ0n) is 13.6. The van der Waals surface area contributed by atoms with Crippen LogP contribution in [0.2, 0.25) is 0 Å². The number of hydrogen-bond donors (Lipinski definition) is 0. The second-order valence-electron chi connectivity index (χ2n) is 6.46. The van der Waals surface area contributed by atoms with E-state index < -0.39 is 0 Å². The normalized spacial score (nSPS) is 24.0. The Balaban J connectivity index is 0.00000192. The van der Waals surface area contributed by atoms with Crippen LogP contribution in [0.25, 0.3) is 0 Å². The van der Waals surface area contributed by atoms with Gasteiger partial charge in [0.15, 0.2) is 0 Å². The van der Waals surface area contributed by atoms with E-state index in [4.69, 9.17) is 4.74 Å². The van der Waals surface area contributed by atoms with E-state index in [1.54, 1.807) is 11.3 Å². The Labute approximate surface area is 149 Å². The van der Waals surface area contributed by atoms with E-state index in [-0.39, 0.29) is 30.4 Å². The number of carbonyl (C=O) groups excluding carboxylic acids is 1. The Bertz CT molecular complexity index is 509. The van der Waals surface area contributed by atoms with Gasteiger partial charge in [0, 0.05) is 18.0 Å². The van der Waals surface area contributed by atoms with Crippen LogP contribution >= 0.6 is 23.7 Å². The molecule has 1 aromatic heterocycles. The number of piperidine rings is 1. The summed E-state index contributed by atoms with van der Waals surface area (Å²) in [5.74, 6) is 0.163. The zero-order valence-corrected chi connectivity index (χ0v) is 15.3. The van der Waals surface area contributed by atoms with Gasteiger partial charge >= 0.3 is 5.97 Å². The third-order valence-electron chi connectivity index (χ3n) is 4.77. The molecule has 2 aliphatic rings. The van der Waals surface area contributed by atoms with Gasteiger partial charge in [-0.1, -0.05) is 18.2 Å². The largest absolute Gasteiger partial charge is 0.462 e. The highest BCUT2D eigenvalue weighted by atomic mass is 35.5. The molecule has 2 heterocycles. The van der Waals surface area contributed by atoms with Crippen LogP contribution in [0.15, 0.2) is 29.7 Å². The van der Waals surface area contributed by atoms with Crippen molar-refractivity contribution in [1.82, 2.24) is 4.90 Å². The molecule has 3 nitrogen and oxygen atoms in total. The Morgan fingerprint density at radius 3 is 2.74 bits per heavy atom. The van der Waals surface area contributed by atoms with E-state index >= 15 is 0 Å². The zero-order chi connectivity index (χ0) is 15.4. The SMILES string of the molecule is CN1CCC(OC(=O)C(c2cccs2)C2C=CCCC2)CC1.Cl. The third kappa shape index (κ3) is 4.82. The molecule has 1 aromatic rings. The van der Waals surface area contributed by atoms with E-state index in [0.717, 1.165) is 43.6 Å². The van der Waals surface area contributed by atoms with Crippen LogP contribution in [-0.4, -0.2) is 37.1 Å². The second kappa shape index (κ2) is 8.86. The molecule has 0 aromatic carbocycles. The molecule has 2 atom stereocenters. The van der Waals surface area contributed by atoms with Crippen molar-refractivity contribution in [3.8, 4) is 0 Å². The standard InChI is InChI=1S/C18H25NO2S.ClH/c1-19-11-9-15(10-12-19)21-18(20)17(16-8-5-13-22-16)14-6-3-2-4-7-14;/h3,5-6,8,13-15,17H,2,4,7,9-12H2,1H3;1H. The summed E-state index contributed by atoms with van der Waals surface area (Å²) in [6.07, 6.45) is 9.85. The van der Waals surface area contributed by atoms with Crippen molar-refractivity contribution < 1.29 is 9.53 Å². The van der Waals surface area contributed by atoms with Crippen molar-refractivity contribution >= 4 is 29.7 Å². The lowest BCUT2D eigenvalue weighted by molar-refractivity contribution is -0.154. The van der Waals surface area contributed by atoms with Crippen molar-refractivity contribution in [2.24, 2.45) is 5.92 Å². The first-order valence-corrected chi connectivity index (χ1v) is 9.21. The van der Waals surface area contributed by atoms with Crippen LogP contribution in [0, 0.1) is 5.92 Å². The highest BCUT2D eigenvalue weighted by molar-refractivity contribution is 7.10. The molecule has 0 N–H and O–H groups in total. The molecule has 0 saturated carbocycles. The maximum Gasteiger partial charge on any atom is 0.315 e. The van der Waals surface area contributed by atoms with Gasteiger partial charge in [0.1, 0.15) is 6.10 Å². The predicted molar refractivity (Wildman–Crippen MR) is 97.4 cm³/mol. The molecule has 2 unspecified atom stereocenters. The Kier molecular flexibility index (Phi) is 7.12. The molecule has 128 valence electrons. The molecule has 5 heteroatoms. The van der Waals surface area contributed by atoms with Crippen LogP contribution in [0.4, 0.5) is 0 Å². The fourth-order valence-corrected chi connectivity index (χ4v) is 4.32. The fourth-order valence-electron chi connectivity index (χ4n) is 3.43. The molecule has 0 bridgehead atoms. The molecule has 1 saturated heterocycles. The minimum atomic E-state index is -0.115. The molecule has 0 amide bonds. The van der Waals surface area contributed by atoms with Crippen LogP contribution in [0.5, 0.6) is 0 Å². The first-order chi connectivity index (χ1) is 10.7. The maximum atomic E-state index is 12.8. The van der Waals surface area contributed by atoms with Crippen molar-refractivity contribution in [2.45, 2.75) is 44.1 Å². The number of thiophene rings is 1. The Morgan fingerprint density at radius 2 is 2.13 bits per heavy atom. The van der Waals surface area contributed by atoms with Gasteiger partial charge in [-0.15, -0.1) is 23.7 Å². The monoisotopic (exact) mass is 355 g/mol. The van der Waals surface area contributed by atoms with Crippen LogP contribution < -0.4 is 0 Å². The first kappa shape index (κ1) is 18.5. The number of halogens is 1. The van der Waals surface area contributed by atoms with Crippen molar-refractivity contribution in [3.63, 3.8) is 0 Å². The number of esters is 1. The molecule has 0 radical (unpaired) electrons. The molecule has 0 spiro atoms. The lowest BCUT2D eigenvalue weighted by atomic mass is 9.83. The average Bonchev–Trinajstić information content (AvgIpc) is 3.05. The lowest BCUT2D eigenvalue weighted by Gasteiger charge is -2.31. The molecular weight excluding hydrogens is 330 g/mol. The third-order valence-corrected chi connectivity index (χ3v) is 5.73. The lowest BCUT2D eigenvalue weighted by Crippen LogP contribution is -2.36. The molecule has 1 aliphatic heterocycles. The van der Waals surface area contributed by atoms with Gasteiger partial charge in [-0.25, -0.2) is 0 Å². The van der Waals surface area contributed by atoms with E-state index in [2.05, 4.69) is 35.5 Å². The highest BCUT2D eigenvalue weighted by Gasteiger charge is 2.33. The topological polar surface area (TPSA) is 29.5 Å². The number of likely N-dealkylation sites (tertiary alicyclic amines) is 1. The second-order valence-corrected chi connectivity index (χ2v) is 7.43. The number of nitrogens with zero attached hydrogens (tertiary/aromatic N) is 1. The summed E-state index contributed by atoms with van der Waals surface area (Å²) in [4.78, 5) is 16.3. The molecule has 1 aliphatic carbocycles. The fraction of sp³-hybridized carbons (Fsp3) is 0.611. The van der Waals surface area contributed by atoms with E-state index in [0.29, 0.717) is 5.92 Å². The maximum absolute atomic E-state index is 12.8. The van der Waals surface area contributed by atoms with Crippen molar-refractivity contribution in [1.29, 1.82) is 0 Å². The van der Waals surface area contributed by atoms with E-state index in [9.17, 15) is 4.79 Å². The molecule has 3 rings (SSSR count). The smallest absolute Gasteiger partial charge is 0.315 e. The number of allylic oxidation sites excluding steroid dienone is 2.